The molecule has 0 aliphatic heterocycles. The summed E-state index contributed by atoms with van der Waals surface area (Å²) in [6, 6.07) is 4.68. The van der Waals surface area contributed by atoms with Gasteiger partial charge in [-0.25, -0.2) is 0 Å². The van der Waals surface area contributed by atoms with Crippen LogP contribution in [0.1, 0.15) is 50.8 Å². The monoisotopic (exact) mass is 294 g/mol. The summed E-state index contributed by atoms with van der Waals surface area (Å²) in [6.45, 7) is 7.05. The van der Waals surface area contributed by atoms with Gasteiger partial charge in [-0.15, -0.1) is 0 Å². The van der Waals surface area contributed by atoms with Gasteiger partial charge in [0.25, 0.3) is 5.69 Å². The number of aliphatic carboxylic acids is 1. The van der Waals surface area contributed by atoms with Crippen LogP contribution in [0.5, 0.6) is 0 Å². The lowest BCUT2D eigenvalue weighted by molar-refractivity contribution is -0.385. The molecule has 0 radical (unpaired) electrons. The summed E-state index contributed by atoms with van der Waals surface area (Å²) in [5, 5.41) is 23.4. The Morgan fingerprint density at radius 1 is 1.52 bits per heavy atom. The Morgan fingerprint density at radius 2 is 2.14 bits per heavy atom. The van der Waals surface area contributed by atoms with Crippen LogP contribution >= 0.6 is 0 Å². The van der Waals surface area contributed by atoms with Crippen molar-refractivity contribution in [1.29, 1.82) is 0 Å². The fraction of sp³-hybridized carbons (Fsp3) is 0.533. The maximum atomic E-state index is 11.4. The Balaban J connectivity index is 3.03. The van der Waals surface area contributed by atoms with Gasteiger partial charge in [0.15, 0.2) is 0 Å². The number of carboxylic acids is 1. The molecule has 0 fully saturated rings. The molecule has 1 aromatic carbocycles. The third-order valence-electron chi connectivity index (χ3n) is 3.69. The molecule has 116 valence electrons. The number of nitro groups is 1. The van der Waals surface area contributed by atoms with E-state index in [4.69, 9.17) is 0 Å². The van der Waals surface area contributed by atoms with E-state index in [1.807, 2.05) is 13.8 Å². The summed E-state index contributed by atoms with van der Waals surface area (Å²) in [6.07, 6.45) is 1.22. The van der Waals surface area contributed by atoms with Gasteiger partial charge in [0.1, 0.15) is 5.54 Å². The number of benzene rings is 1. The lowest BCUT2D eigenvalue weighted by Crippen LogP contribution is -2.50. The second kappa shape index (κ2) is 6.67. The van der Waals surface area contributed by atoms with Crippen molar-refractivity contribution in [2.45, 2.75) is 52.1 Å². The highest BCUT2D eigenvalue weighted by Gasteiger charge is 2.33. The van der Waals surface area contributed by atoms with E-state index in [1.54, 1.807) is 26.0 Å². The van der Waals surface area contributed by atoms with Crippen molar-refractivity contribution >= 4 is 11.7 Å². The SMILES string of the molecule is CCCC(C)(NC(C)c1ccc(C)c([N+](=O)[O-])c1)C(=O)O. The van der Waals surface area contributed by atoms with E-state index in [-0.39, 0.29) is 11.7 Å². The zero-order valence-electron chi connectivity index (χ0n) is 12.8. The van der Waals surface area contributed by atoms with E-state index in [0.29, 0.717) is 17.5 Å². The van der Waals surface area contributed by atoms with Crippen molar-refractivity contribution in [3.63, 3.8) is 0 Å². The molecule has 0 aromatic heterocycles. The van der Waals surface area contributed by atoms with Crippen LogP contribution < -0.4 is 5.32 Å². The second-order valence-corrected chi connectivity index (χ2v) is 5.56. The van der Waals surface area contributed by atoms with Crippen LogP contribution in [0, 0.1) is 17.0 Å². The van der Waals surface area contributed by atoms with Crippen molar-refractivity contribution in [3.8, 4) is 0 Å². The summed E-state index contributed by atoms with van der Waals surface area (Å²) in [5.41, 5.74) is 0.295. The Hall–Kier alpha value is -1.95. The zero-order chi connectivity index (χ0) is 16.2. The van der Waals surface area contributed by atoms with E-state index >= 15 is 0 Å². The van der Waals surface area contributed by atoms with Crippen LogP contribution in [-0.4, -0.2) is 21.5 Å². The number of nitro benzene ring substituents is 1. The molecule has 1 rings (SSSR count). The van der Waals surface area contributed by atoms with Gasteiger partial charge in [-0.3, -0.25) is 20.2 Å². The number of carboxylic acid groups (broad SMARTS) is 1. The van der Waals surface area contributed by atoms with Crippen LogP contribution in [0.3, 0.4) is 0 Å². The molecule has 2 N–H and O–H groups in total. The molecular formula is C15H22N2O4. The molecule has 0 aliphatic carbocycles. The van der Waals surface area contributed by atoms with Gasteiger partial charge in [0.05, 0.1) is 4.92 Å². The van der Waals surface area contributed by atoms with Gasteiger partial charge in [-0.1, -0.05) is 25.5 Å². The maximum Gasteiger partial charge on any atom is 0.323 e. The number of aryl methyl sites for hydroxylation is 1. The number of nitrogens with one attached hydrogen (secondary N) is 1. The summed E-state index contributed by atoms with van der Waals surface area (Å²) in [4.78, 5) is 22.0. The lowest BCUT2D eigenvalue weighted by atomic mass is 9.93. The van der Waals surface area contributed by atoms with E-state index in [2.05, 4.69) is 5.32 Å². The molecular weight excluding hydrogens is 272 g/mol. The number of rotatable bonds is 7. The normalized spacial score (nSPS) is 15.2. The minimum atomic E-state index is -1.05. The predicted octanol–water partition coefficient (Wildman–Crippen LogP) is 3.20. The van der Waals surface area contributed by atoms with Crippen LogP contribution in [0.2, 0.25) is 0 Å². The largest absolute Gasteiger partial charge is 0.480 e. The van der Waals surface area contributed by atoms with Crippen LogP contribution in [0.4, 0.5) is 5.69 Å². The Kier molecular flexibility index (Phi) is 5.43. The first-order chi connectivity index (χ1) is 9.71. The maximum absolute atomic E-state index is 11.4. The van der Waals surface area contributed by atoms with Crippen LogP contribution in [0.25, 0.3) is 0 Å². The summed E-state index contributed by atoms with van der Waals surface area (Å²) < 4.78 is 0. The van der Waals surface area contributed by atoms with Gasteiger partial charge in [0, 0.05) is 17.7 Å². The molecule has 6 heteroatoms. The quantitative estimate of drug-likeness (QED) is 0.595. The molecule has 0 bridgehead atoms. The summed E-state index contributed by atoms with van der Waals surface area (Å²) in [7, 11) is 0. The third kappa shape index (κ3) is 4.01. The first kappa shape index (κ1) is 17.1. The Bertz CT molecular complexity index is 544. The summed E-state index contributed by atoms with van der Waals surface area (Å²) >= 11 is 0. The highest BCUT2D eigenvalue weighted by molar-refractivity contribution is 5.78. The first-order valence-electron chi connectivity index (χ1n) is 6.97. The molecule has 0 aliphatic rings. The molecule has 2 unspecified atom stereocenters. The standard InChI is InChI=1S/C15H22N2O4/c1-5-8-15(4,14(18)19)16-11(3)12-7-6-10(2)13(9-12)17(20)21/h6-7,9,11,16H,5,8H2,1-4H3,(H,18,19). The second-order valence-electron chi connectivity index (χ2n) is 5.56. The van der Waals surface area contributed by atoms with Gasteiger partial charge >= 0.3 is 5.97 Å². The molecule has 0 spiro atoms. The van der Waals surface area contributed by atoms with Crippen molar-refractivity contribution < 1.29 is 14.8 Å². The molecule has 21 heavy (non-hydrogen) atoms. The molecule has 0 saturated carbocycles. The summed E-state index contributed by atoms with van der Waals surface area (Å²) in [5.74, 6) is -0.919. The smallest absolute Gasteiger partial charge is 0.323 e. The van der Waals surface area contributed by atoms with Crippen molar-refractivity contribution in [2.24, 2.45) is 0 Å². The molecule has 2 atom stereocenters. The topological polar surface area (TPSA) is 92.5 Å². The zero-order valence-corrected chi connectivity index (χ0v) is 12.8. The lowest BCUT2D eigenvalue weighted by Gasteiger charge is -2.30. The van der Waals surface area contributed by atoms with Crippen molar-refractivity contribution in [1.82, 2.24) is 5.32 Å². The molecule has 6 nitrogen and oxygen atoms in total. The fourth-order valence-electron chi connectivity index (χ4n) is 2.39. The number of hydrogen-bond donors (Lipinski definition) is 2. The fourth-order valence-corrected chi connectivity index (χ4v) is 2.39. The minimum Gasteiger partial charge on any atom is -0.480 e. The van der Waals surface area contributed by atoms with Crippen LogP contribution in [0.15, 0.2) is 18.2 Å². The Morgan fingerprint density at radius 3 is 2.62 bits per heavy atom. The van der Waals surface area contributed by atoms with Gasteiger partial charge in [-0.2, -0.15) is 0 Å². The van der Waals surface area contributed by atoms with Gasteiger partial charge < -0.3 is 5.11 Å². The van der Waals surface area contributed by atoms with E-state index in [0.717, 1.165) is 6.42 Å². The number of nitrogens with zero attached hydrogens (tertiary/aromatic N) is 1. The average molecular weight is 294 g/mol. The van der Waals surface area contributed by atoms with Gasteiger partial charge in [-0.05, 0) is 32.8 Å². The predicted molar refractivity (Wildman–Crippen MR) is 80.3 cm³/mol. The third-order valence-corrected chi connectivity index (χ3v) is 3.69. The average Bonchev–Trinajstić information content (AvgIpc) is 2.38. The van der Waals surface area contributed by atoms with Crippen molar-refractivity contribution in [3.05, 3.63) is 39.4 Å². The highest BCUT2D eigenvalue weighted by Crippen LogP contribution is 2.25. The van der Waals surface area contributed by atoms with E-state index in [9.17, 15) is 20.0 Å². The Labute approximate surface area is 124 Å². The molecule has 1 aromatic rings. The van der Waals surface area contributed by atoms with Crippen molar-refractivity contribution in [2.75, 3.05) is 0 Å². The van der Waals surface area contributed by atoms with E-state index < -0.39 is 16.4 Å². The number of carbonyl (C=O) groups is 1. The molecule has 0 heterocycles. The van der Waals surface area contributed by atoms with Gasteiger partial charge in [0.2, 0.25) is 0 Å². The minimum absolute atomic E-state index is 0.0497. The number of hydrogen-bond acceptors (Lipinski definition) is 4. The molecule has 0 amide bonds. The van der Waals surface area contributed by atoms with E-state index in [1.165, 1.54) is 6.07 Å². The first-order valence-corrected chi connectivity index (χ1v) is 6.97. The van der Waals surface area contributed by atoms with Crippen LogP contribution in [-0.2, 0) is 4.79 Å². The highest BCUT2D eigenvalue weighted by atomic mass is 16.6. The molecule has 0 saturated heterocycles.